The Morgan fingerprint density at radius 1 is 0.460 bits per heavy atom. The predicted octanol–water partition coefficient (Wildman–Crippen LogP) is 17.3. The average Bonchev–Trinajstić information content (AvgIpc) is 1.48. The summed E-state index contributed by atoms with van der Waals surface area (Å²) in [6.45, 7) is -2.41. The van der Waals surface area contributed by atoms with Crippen LogP contribution in [0.25, 0.3) is 66.1 Å². The maximum Gasteiger partial charge on any atom is 0.143 e. The van der Waals surface area contributed by atoms with Crippen LogP contribution in [0.4, 0.5) is 17.1 Å². The fraction of sp³-hybridized carbons (Fsp3) is 0.246. The molecule has 1 heterocycles. The third-order valence-electron chi connectivity index (χ3n) is 13.2. The van der Waals surface area contributed by atoms with Gasteiger partial charge in [-0.15, -0.1) is 0 Å². The van der Waals surface area contributed by atoms with E-state index in [-0.39, 0.29) is 111 Å². The van der Waals surface area contributed by atoms with Gasteiger partial charge in [0, 0.05) is 49.1 Å². The van der Waals surface area contributed by atoms with Crippen molar-refractivity contribution in [3.05, 3.63) is 181 Å². The predicted molar refractivity (Wildman–Crippen MR) is 269 cm³/mol. The van der Waals surface area contributed by atoms with Crippen molar-refractivity contribution >= 4 is 49.8 Å². The van der Waals surface area contributed by atoms with Crippen molar-refractivity contribution in [3.63, 3.8) is 0 Å². The van der Waals surface area contributed by atoms with E-state index in [4.69, 9.17) is 15.4 Å². The Morgan fingerprint density at radius 3 is 1.83 bits per heavy atom. The Kier molecular flexibility index (Phi) is 3.97. The normalized spacial score (nSPS) is 22.0. The Hall–Kier alpha value is -6.38. The van der Waals surface area contributed by atoms with Gasteiger partial charge in [0.15, 0.2) is 0 Å². The summed E-state index contributed by atoms with van der Waals surface area (Å²) in [4.78, 5) is 1.15. The minimum atomic E-state index is -3.82. The van der Waals surface area contributed by atoms with E-state index in [9.17, 15) is 30.2 Å². The number of anilines is 3. The summed E-state index contributed by atoms with van der Waals surface area (Å²) in [6.07, 6.45) is 0. The van der Waals surface area contributed by atoms with E-state index >= 15 is 0 Å². The Morgan fingerprint density at radius 2 is 1.10 bits per heavy atom. The molecule has 0 saturated heterocycles. The first-order valence-electron chi connectivity index (χ1n) is 35.3. The highest BCUT2D eigenvalue weighted by Crippen LogP contribution is 2.58. The zero-order valence-electron chi connectivity index (χ0n) is 65.9. The summed E-state index contributed by atoms with van der Waals surface area (Å²) >= 11 is 0. The Bertz CT molecular complexity index is 4770. The summed E-state index contributed by atoms with van der Waals surface area (Å²) in [5.74, 6) is 0. The largest absolute Gasteiger partial charge is 0.455 e. The number of nitrogens with zero attached hydrogens (tertiary/aromatic N) is 1. The number of fused-ring (bicyclic) bond motifs is 11. The van der Waals surface area contributed by atoms with Crippen LogP contribution >= 0.6 is 0 Å². The number of rotatable bonds is 4. The molecule has 312 valence electrons. The topological polar surface area (TPSA) is 16.4 Å². The van der Waals surface area contributed by atoms with Crippen molar-refractivity contribution in [1.82, 2.24) is 0 Å². The molecule has 8 aromatic carbocycles. The summed E-state index contributed by atoms with van der Waals surface area (Å²) in [7, 11) is 0. The Labute approximate surface area is 415 Å². The molecule has 9 aromatic rings. The van der Waals surface area contributed by atoms with Crippen molar-refractivity contribution < 1.29 is 45.5 Å². The molecule has 0 N–H and O–H groups in total. The molecule has 0 bridgehead atoms. The fourth-order valence-corrected chi connectivity index (χ4v) is 10.2. The molecule has 63 heavy (non-hydrogen) atoms. The van der Waals surface area contributed by atoms with Crippen LogP contribution in [0, 0.1) is 62.3 Å². The zero-order valence-corrected chi connectivity index (χ0v) is 35.9. The minimum Gasteiger partial charge on any atom is -0.455 e. The maximum atomic E-state index is 10.5. The van der Waals surface area contributed by atoms with E-state index in [0.717, 1.165) is 4.90 Å². The third kappa shape index (κ3) is 5.13. The summed E-state index contributed by atoms with van der Waals surface area (Å²) in [5.41, 5.74) is -14.2. The van der Waals surface area contributed by atoms with Crippen molar-refractivity contribution in [1.29, 1.82) is 0 Å². The van der Waals surface area contributed by atoms with E-state index in [2.05, 4.69) is 0 Å². The van der Waals surface area contributed by atoms with Crippen LogP contribution in [0.2, 0.25) is 0 Å². The molecule has 1 aromatic heterocycles. The molecule has 2 heteroatoms. The smallest absolute Gasteiger partial charge is 0.143 e. The number of furan rings is 1. The zero-order chi connectivity index (χ0) is 69.8. The molecule has 0 fully saturated rings. The molecule has 2 aliphatic carbocycles. The van der Waals surface area contributed by atoms with Crippen molar-refractivity contribution in [2.45, 2.75) is 101 Å². The van der Waals surface area contributed by atoms with Gasteiger partial charge in [0.25, 0.3) is 0 Å². The van der Waals surface area contributed by atoms with Crippen LogP contribution in [-0.2, 0) is 10.8 Å². The summed E-state index contributed by atoms with van der Waals surface area (Å²) in [6, 6.07) is -13.4. The Balaban J connectivity index is 1.46. The second-order valence-electron chi connectivity index (χ2n) is 16.8. The quantitative estimate of drug-likeness (QED) is 0.175. The van der Waals surface area contributed by atoms with Gasteiger partial charge in [-0.25, -0.2) is 0 Å². The molecule has 0 radical (unpaired) electrons. The van der Waals surface area contributed by atoms with Crippen LogP contribution < -0.4 is 4.90 Å². The molecule has 0 amide bonds. The lowest BCUT2D eigenvalue weighted by Gasteiger charge is -2.36. The van der Waals surface area contributed by atoms with Gasteiger partial charge < -0.3 is 9.32 Å². The molecule has 11 rings (SSSR count). The van der Waals surface area contributed by atoms with Gasteiger partial charge in [-0.2, -0.15) is 0 Å². The number of aryl methyl sites for hydroxylation is 3. The average molecular weight is 850 g/mol. The fourth-order valence-electron chi connectivity index (χ4n) is 10.2. The van der Waals surface area contributed by atoms with Crippen molar-refractivity contribution in [2.75, 3.05) is 4.90 Å². The van der Waals surface area contributed by atoms with Crippen LogP contribution in [-0.4, -0.2) is 0 Å². The van der Waals surface area contributed by atoms with Gasteiger partial charge in [0.2, 0.25) is 0 Å². The van der Waals surface area contributed by atoms with E-state index in [1.165, 1.54) is 55.4 Å². The molecule has 0 unspecified atom stereocenters. The first-order valence-corrected chi connectivity index (χ1v) is 20.3. The van der Waals surface area contributed by atoms with Gasteiger partial charge in [-0.1, -0.05) is 130 Å². The molecule has 2 aliphatic rings. The lowest BCUT2D eigenvalue weighted by molar-refractivity contribution is 0.654. The summed E-state index contributed by atoms with van der Waals surface area (Å²) in [5, 5.41) is -0.0431. The van der Waals surface area contributed by atoms with Crippen LogP contribution in [0.1, 0.15) is 141 Å². The van der Waals surface area contributed by atoms with Crippen molar-refractivity contribution in [3.8, 4) is 33.4 Å². The highest BCUT2D eigenvalue weighted by Gasteiger charge is 2.42. The molecular weight excluding hydrogens is 763 g/mol. The van der Waals surface area contributed by atoms with E-state index in [0.29, 0.717) is 0 Å². The van der Waals surface area contributed by atoms with Gasteiger partial charge in [-0.3, -0.25) is 0 Å². The molecule has 0 spiro atoms. The standard InChI is InChI=1S/C61H57NO/c1-32-26-27-44-46(30-32)51(41-21-15-14-20-33(41)2)39(8)54-53-37(6)50(31-34(3)58(53)63-59(44)54)62(49-29-28-43-42-22-16-18-24-47(42)60(10,11)55(43)38(49)7)57-36(5)35(4)52-45-23-17-19-25-48(45)61(12,13)56(52)40(57)9/h14-31H,1-13H3/i10D3,11D3,12D3,13D3,14D,15D,16D,17D,18D,19D,20D,21D,22D,23D,24D,25D,26D,27D,28D,29D,30D,31D. The number of hydrogen-bond donors (Lipinski definition) is 0. The van der Waals surface area contributed by atoms with Crippen molar-refractivity contribution in [2.24, 2.45) is 0 Å². The number of benzene rings is 8. The lowest BCUT2D eigenvalue weighted by atomic mass is 9.78. The second-order valence-corrected chi connectivity index (χ2v) is 16.8. The number of hydrogen-bond acceptors (Lipinski definition) is 2. The highest BCUT2D eigenvalue weighted by atomic mass is 16.3. The third-order valence-corrected chi connectivity index (χ3v) is 13.2. The minimum absolute atomic E-state index is 0.0229. The van der Waals surface area contributed by atoms with Crippen LogP contribution in [0.5, 0.6) is 0 Å². The van der Waals surface area contributed by atoms with E-state index < -0.39 is 191 Å². The summed E-state index contributed by atoms with van der Waals surface area (Å²) < 4.78 is 287. The first kappa shape index (κ1) is 18.8. The molecular formula is C61H57NO. The maximum absolute atomic E-state index is 10.5. The SMILES string of the molecule is [2H]c1c([2H])c([2H])c(-c2c(C)c3c(oc4c(C)c([2H])c(N(c5c([2H])c([2H])c6c(c5C)C(C([2H])([2H])[2H])(C([2H])([2H])[2H])c5c([2H])c([2H])c([2H])c([2H])c5-6)c5c(C)c(C)c6c(c5C)C(C([2H])([2H])[2H])(C([2H])([2H])[2H])c5c([2H])c([2H])c([2H])c([2H])c5-6)c(C)c43)c3c([2H])c([2H])c(C)c([2H])c23)c(C)c1[2H]. The monoisotopic (exact) mass is 850 g/mol. The van der Waals surface area contributed by atoms with Gasteiger partial charge >= 0.3 is 0 Å². The van der Waals surface area contributed by atoms with Gasteiger partial charge in [0.1, 0.15) is 11.2 Å². The molecule has 0 saturated carbocycles. The highest BCUT2D eigenvalue weighted by molar-refractivity contribution is 6.23. The molecule has 2 nitrogen and oxygen atoms in total. The van der Waals surface area contributed by atoms with Crippen LogP contribution in [0.3, 0.4) is 0 Å². The second kappa shape index (κ2) is 13.3. The lowest BCUT2D eigenvalue weighted by Crippen LogP contribution is -2.23. The van der Waals surface area contributed by atoms with Gasteiger partial charge in [-0.05, 0) is 180 Å². The van der Waals surface area contributed by atoms with Gasteiger partial charge in [0.05, 0.1) is 36.0 Å². The van der Waals surface area contributed by atoms with Crippen LogP contribution in [0.15, 0.2) is 113 Å². The van der Waals surface area contributed by atoms with E-state index in [1.807, 2.05) is 0 Å². The first-order chi connectivity index (χ1) is 42.6. The van der Waals surface area contributed by atoms with E-state index in [1.54, 1.807) is 6.92 Å². The molecule has 0 aliphatic heterocycles. The molecule has 0 atom stereocenters.